The van der Waals surface area contributed by atoms with Gasteiger partial charge in [-0.15, -0.1) is 0 Å². The summed E-state index contributed by atoms with van der Waals surface area (Å²) in [7, 11) is 0. The number of nitrogens with zero attached hydrogens (tertiary/aromatic N) is 1. The largest absolute Gasteiger partial charge is 0.444 e. The first kappa shape index (κ1) is 15.8. The summed E-state index contributed by atoms with van der Waals surface area (Å²) in [6.07, 6.45) is 0.432. The van der Waals surface area contributed by atoms with Crippen LogP contribution < -0.4 is 5.73 Å². The molecule has 116 valence electrons. The zero-order valence-corrected chi connectivity index (χ0v) is 12.8. The first-order valence-electron chi connectivity index (χ1n) is 7.25. The topological polar surface area (TPSA) is 55.6 Å². The number of halogens is 1. The van der Waals surface area contributed by atoms with Crippen molar-refractivity contribution in [3.63, 3.8) is 0 Å². The second-order valence-corrected chi connectivity index (χ2v) is 6.54. The second kappa shape index (κ2) is 6.02. The van der Waals surface area contributed by atoms with Gasteiger partial charge in [0.25, 0.3) is 0 Å². The van der Waals surface area contributed by atoms with E-state index in [1.807, 2.05) is 20.8 Å². The fraction of sp³-hybridized carbons (Fsp3) is 0.562. The van der Waals surface area contributed by atoms with Crippen molar-refractivity contribution < 1.29 is 13.9 Å². The summed E-state index contributed by atoms with van der Waals surface area (Å²) in [6, 6.07) is 6.26. The van der Waals surface area contributed by atoms with Crippen molar-refractivity contribution in [2.24, 2.45) is 5.73 Å². The lowest BCUT2D eigenvalue weighted by molar-refractivity contribution is 0.0186. The van der Waals surface area contributed by atoms with Crippen molar-refractivity contribution in [3.8, 4) is 0 Å². The molecule has 2 N–H and O–H groups in total. The zero-order chi connectivity index (χ0) is 15.6. The maximum Gasteiger partial charge on any atom is 0.410 e. The SMILES string of the molecule is CC(C)(C)OC(=O)N1CC[C@H](c2ccc(F)cc2)[C@H](N)C1. The molecule has 0 aliphatic carbocycles. The molecule has 2 rings (SSSR count). The number of amides is 1. The van der Waals surface area contributed by atoms with E-state index in [4.69, 9.17) is 10.5 Å². The average Bonchev–Trinajstić information content (AvgIpc) is 2.38. The molecule has 0 aromatic heterocycles. The maximum atomic E-state index is 13.0. The van der Waals surface area contributed by atoms with E-state index in [1.165, 1.54) is 12.1 Å². The van der Waals surface area contributed by atoms with Gasteiger partial charge in [0, 0.05) is 25.0 Å². The van der Waals surface area contributed by atoms with Crippen LogP contribution in [-0.4, -0.2) is 35.7 Å². The summed E-state index contributed by atoms with van der Waals surface area (Å²) >= 11 is 0. The van der Waals surface area contributed by atoms with E-state index in [9.17, 15) is 9.18 Å². The quantitative estimate of drug-likeness (QED) is 0.866. The van der Waals surface area contributed by atoms with Crippen molar-refractivity contribution in [2.45, 2.75) is 44.8 Å². The second-order valence-electron chi connectivity index (χ2n) is 6.54. The number of hydrogen-bond acceptors (Lipinski definition) is 3. The number of piperidine rings is 1. The van der Waals surface area contributed by atoms with Crippen LogP contribution in [0.4, 0.5) is 9.18 Å². The van der Waals surface area contributed by atoms with Gasteiger partial charge in [-0.05, 0) is 44.9 Å². The predicted octanol–water partition coefficient (Wildman–Crippen LogP) is 2.88. The molecule has 1 aromatic carbocycles. The summed E-state index contributed by atoms with van der Waals surface area (Å²) in [5.74, 6) is -0.109. The molecular formula is C16H23FN2O2. The van der Waals surface area contributed by atoms with Crippen molar-refractivity contribution >= 4 is 6.09 Å². The van der Waals surface area contributed by atoms with E-state index in [0.717, 1.165) is 12.0 Å². The highest BCUT2D eigenvalue weighted by Gasteiger charge is 2.32. The number of carbonyl (C=O) groups excluding carboxylic acids is 1. The highest BCUT2D eigenvalue weighted by Crippen LogP contribution is 2.28. The Morgan fingerprint density at radius 3 is 2.48 bits per heavy atom. The van der Waals surface area contributed by atoms with Crippen LogP contribution in [-0.2, 0) is 4.74 Å². The third-order valence-corrected chi connectivity index (χ3v) is 3.61. The molecule has 0 bridgehead atoms. The summed E-state index contributed by atoms with van der Waals surface area (Å²) in [5.41, 5.74) is 6.71. The summed E-state index contributed by atoms with van der Waals surface area (Å²) in [5, 5.41) is 0. The molecule has 1 aromatic rings. The van der Waals surface area contributed by atoms with Crippen LogP contribution in [0, 0.1) is 5.82 Å². The molecule has 0 unspecified atom stereocenters. The Bertz CT molecular complexity index is 496. The van der Waals surface area contributed by atoms with Crippen molar-refractivity contribution in [3.05, 3.63) is 35.6 Å². The van der Waals surface area contributed by atoms with Gasteiger partial charge in [0.15, 0.2) is 0 Å². The number of nitrogens with two attached hydrogens (primary N) is 1. The normalized spacial score (nSPS) is 23.0. The lowest BCUT2D eigenvalue weighted by atomic mass is 9.86. The third-order valence-electron chi connectivity index (χ3n) is 3.61. The smallest absolute Gasteiger partial charge is 0.410 e. The van der Waals surface area contributed by atoms with E-state index in [2.05, 4.69) is 0 Å². The van der Waals surface area contributed by atoms with E-state index in [0.29, 0.717) is 13.1 Å². The van der Waals surface area contributed by atoms with Gasteiger partial charge in [0.05, 0.1) is 0 Å². The van der Waals surface area contributed by atoms with Crippen LogP contribution in [0.25, 0.3) is 0 Å². The Morgan fingerprint density at radius 2 is 1.95 bits per heavy atom. The first-order valence-corrected chi connectivity index (χ1v) is 7.25. The number of likely N-dealkylation sites (tertiary alicyclic amines) is 1. The van der Waals surface area contributed by atoms with Gasteiger partial charge in [-0.1, -0.05) is 12.1 Å². The molecule has 5 heteroatoms. The molecule has 1 aliphatic heterocycles. The summed E-state index contributed by atoms with van der Waals surface area (Å²) < 4.78 is 18.3. The Morgan fingerprint density at radius 1 is 1.33 bits per heavy atom. The number of hydrogen-bond donors (Lipinski definition) is 1. The van der Waals surface area contributed by atoms with Gasteiger partial charge in [-0.25, -0.2) is 9.18 Å². The maximum absolute atomic E-state index is 13.0. The zero-order valence-electron chi connectivity index (χ0n) is 12.8. The summed E-state index contributed by atoms with van der Waals surface area (Å²) in [6.45, 7) is 6.59. The molecule has 1 fully saturated rings. The lowest BCUT2D eigenvalue weighted by Gasteiger charge is -2.37. The minimum atomic E-state index is -0.505. The minimum Gasteiger partial charge on any atom is -0.444 e. The molecule has 0 radical (unpaired) electrons. The molecule has 1 saturated heterocycles. The van der Waals surface area contributed by atoms with E-state index >= 15 is 0 Å². The average molecular weight is 294 g/mol. The number of benzene rings is 1. The molecule has 1 aliphatic rings. The predicted molar refractivity (Wildman–Crippen MR) is 79.5 cm³/mol. The van der Waals surface area contributed by atoms with Crippen molar-refractivity contribution in [1.29, 1.82) is 0 Å². The number of carbonyl (C=O) groups is 1. The Kier molecular flexibility index (Phi) is 4.52. The van der Waals surface area contributed by atoms with Crippen molar-refractivity contribution in [1.82, 2.24) is 4.90 Å². The highest BCUT2D eigenvalue weighted by molar-refractivity contribution is 5.68. The first-order chi connectivity index (χ1) is 9.76. The molecular weight excluding hydrogens is 271 g/mol. The molecule has 21 heavy (non-hydrogen) atoms. The van der Waals surface area contributed by atoms with Crippen LogP contribution >= 0.6 is 0 Å². The Labute approximate surface area is 125 Å². The van der Waals surface area contributed by atoms with Crippen LogP contribution in [0.2, 0.25) is 0 Å². The molecule has 0 spiro atoms. The molecule has 2 atom stereocenters. The highest BCUT2D eigenvalue weighted by atomic mass is 19.1. The van der Waals surface area contributed by atoms with Crippen LogP contribution in [0.3, 0.4) is 0 Å². The molecule has 4 nitrogen and oxygen atoms in total. The van der Waals surface area contributed by atoms with Gasteiger partial charge in [-0.3, -0.25) is 0 Å². The standard InChI is InChI=1S/C16H23FN2O2/c1-16(2,3)21-15(20)19-9-8-13(14(18)10-19)11-4-6-12(17)7-5-11/h4-7,13-14H,8-10,18H2,1-3H3/t13-,14-/m1/s1. The van der Waals surface area contributed by atoms with E-state index in [-0.39, 0.29) is 23.9 Å². The fourth-order valence-corrected chi connectivity index (χ4v) is 2.60. The molecule has 1 heterocycles. The third kappa shape index (κ3) is 4.17. The summed E-state index contributed by atoms with van der Waals surface area (Å²) in [4.78, 5) is 13.7. The van der Waals surface area contributed by atoms with E-state index < -0.39 is 5.60 Å². The van der Waals surface area contributed by atoms with E-state index in [1.54, 1.807) is 17.0 Å². The minimum absolute atomic E-state index is 0.143. The Hall–Kier alpha value is -1.62. The molecule has 1 amide bonds. The number of ether oxygens (including phenoxy) is 1. The van der Waals surface area contributed by atoms with Crippen LogP contribution in [0.15, 0.2) is 24.3 Å². The Balaban J connectivity index is 1.99. The van der Waals surface area contributed by atoms with Crippen molar-refractivity contribution in [2.75, 3.05) is 13.1 Å². The van der Waals surface area contributed by atoms with Gasteiger partial charge < -0.3 is 15.4 Å². The van der Waals surface area contributed by atoms with Gasteiger partial charge >= 0.3 is 6.09 Å². The molecule has 0 saturated carbocycles. The van der Waals surface area contributed by atoms with Gasteiger partial charge in [0.1, 0.15) is 11.4 Å². The fourth-order valence-electron chi connectivity index (χ4n) is 2.60. The van der Waals surface area contributed by atoms with Gasteiger partial charge in [-0.2, -0.15) is 0 Å². The van der Waals surface area contributed by atoms with Crippen LogP contribution in [0.1, 0.15) is 38.7 Å². The van der Waals surface area contributed by atoms with Gasteiger partial charge in [0.2, 0.25) is 0 Å². The number of rotatable bonds is 1. The monoisotopic (exact) mass is 294 g/mol. The lowest BCUT2D eigenvalue weighted by Crippen LogP contribution is -2.50. The van der Waals surface area contributed by atoms with Crippen LogP contribution in [0.5, 0.6) is 0 Å².